The van der Waals surface area contributed by atoms with Crippen LogP contribution in [0.5, 0.6) is 0 Å². The van der Waals surface area contributed by atoms with Crippen molar-refractivity contribution >= 4 is 44.7 Å². The van der Waals surface area contributed by atoms with Gasteiger partial charge in [-0.15, -0.1) is 11.3 Å². The summed E-state index contributed by atoms with van der Waals surface area (Å²) in [6.45, 7) is 0. The molecule has 0 aliphatic carbocycles. The Morgan fingerprint density at radius 1 is 1.33 bits per heavy atom. The van der Waals surface area contributed by atoms with Crippen LogP contribution in [0.15, 0.2) is 42.7 Å². The van der Waals surface area contributed by atoms with Gasteiger partial charge < -0.3 is 5.32 Å². The quantitative estimate of drug-likeness (QED) is 0.546. The fraction of sp³-hybridized carbons (Fsp3) is 0.222. The average Bonchev–Trinajstić information content (AvgIpc) is 3.32. The lowest BCUT2D eigenvalue weighted by atomic mass is 10.1. The van der Waals surface area contributed by atoms with Crippen molar-refractivity contribution in [1.82, 2.24) is 19.2 Å². The van der Waals surface area contributed by atoms with Gasteiger partial charge in [0, 0.05) is 34.2 Å². The van der Waals surface area contributed by atoms with Crippen LogP contribution in [0.25, 0.3) is 10.4 Å². The number of aryl methyl sites for hydroxylation is 1. The number of thiophene rings is 1. The van der Waals surface area contributed by atoms with E-state index in [0.717, 1.165) is 21.4 Å². The van der Waals surface area contributed by atoms with Crippen LogP contribution in [-0.4, -0.2) is 30.1 Å². The third-order valence-electron chi connectivity index (χ3n) is 4.53. The minimum absolute atomic E-state index is 0.141. The van der Waals surface area contributed by atoms with E-state index in [1.54, 1.807) is 10.9 Å². The highest BCUT2D eigenvalue weighted by Gasteiger charge is 2.36. The summed E-state index contributed by atoms with van der Waals surface area (Å²) < 4.78 is 44.4. The number of amides is 1. The molecule has 3 N–H and O–H groups in total. The maximum Gasteiger partial charge on any atom is 0.278 e. The third-order valence-corrected chi connectivity index (χ3v) is 7.26. The number of hydrogen-bond acceptors (Lipinski definition) is 5. The highest BCUT2D eigenvalue weighted by atomic mass is 35.5. The minimum Gasteiger partial charge on any atom is -0.325 e. The van der Waals surface area contributed by atoms with Gasteiger partial charge in [-0.3, -0.25) is 9.48 Å². The van der Waals surface area contributed by atoms with Crippen LogP contribution in [0.3, 0.4) is 0 Å². The molecule has 1 aliphatic heterocycles. The summed E-state index contributed by atoms with van der Waals surface area (Å²) in [5.41, 5.74) is 1.20. The van der Waals surface area contributed by atoms with E-state index < -0.39 is 34.0 Å². The number of carbonyl (C=O) groups excluding carboxylic acids is 1. The number of hydrogen-bond donors (Lipinski definition) is 3. The van der Waals surface area contributed by atoms with Gasteiger partial charge in [-0.05, 0) is 36.8 Å². The van der Waals surface area contributed by atoms with Crippen molar-refractivity contribution in [3.05, 3.63) is 58.4 Å². The molecule has 1 aromatic carbocycles. The van der Waals surface area contributed by atoms with Gasteiger partial charge in [0.25, 0.3) is 10.2 Å². The predicted molar refractivity (Wildman–Crippen MR) is 113 cm³/mol. The number of nitrogens with zero attached hydrogens (tertiary/aromatic N) is 2. The molecule has 0 bridgehead atoms. The number of aromatic nitrogens is 2. The molecule has 12 heteroatoms. The Balaban J connectivity index is 1.52. The van der Waals surface area contributed by atoms with Gasteiger partial charge in [-0.2, -0.15) is 23.0 Å². The molecular formula is C18H17ClFN5O3S2. The van der Waals surface area contributed by atoms with Gasteiger partial charge in [0.15, 0.2) is 0 Å². The fourth-order valence-electron chi connectivity index (χ4n) is 3.12. The lowest BCUT2D eigenvalue weighted by Gasteiger charge is -2.29. The maximum atomic E-state index is 13.3. The topological polar surface area (TPSA) is 105 Å². The number of halogens is 2. The molecule has 0 unspecified atom stereocenters. The zero-order valence-electron chi connectivity index (χ0n) is 15.6. The van der Waals surface area contributed by atoms with Crippen LogP contribution in [0.2, 0.25) is 5.02 Å². The highest BCUT2D eigenvalue weighted by molar-refractivity contribution is 7.87. The maximum absolute atomic E-state index is 13.3. The van der Waals surface area contributed by atoms with Crippen molar-refractivity contribution in [1.29, 1.82) is 0 Å². The van der Waals surface area contributed by atoms with Crippen LogP contribution in [0.1, 0.15) is 17.3 Å². The second kappa shape index (κ2) is 8.08. The van der Waals surface area contributed by atoms with E-state index in [1.807, 2.05) is 25.4 Å². The second-order valence-electron chi connectivity index (χ2n) is 6.80. The van der Waals surface area contributed by atoms with Crippen molar-refractivity contribution in [2.75, 3.05) is 5.32 Å². The molecule has 2 aromatic heterocycles. The van der Waals surface area contributed by atoms with E-state index in [1.165, 1.54) is 23.5 Å². The second-order valence-corrected chi connectivity index (χ2v) is 9.80. The molecule has 1 amide bonds. The molecular weight excluding hydrogens is 453 g/mol. The Bertz CT molecular complexity index is 1210. The molecule has 4 rings (SSSR count). The number of anilines is 1. The van der Waals surface area contributed by atoms with Crippen molar-refractivity contribution in [3.8, 4) is 10.4 Å². The van der Waals surface area contributed by atoms with Gasteiger partial charge in [0.2, 0.25) is 5.91 Å². The first-order valence-corrected chi connectivity index (χ1v) is 11.5. The third kappa shape index (κ3) is 4.55. The number of rotatable bonds is 4. The molecule has 3 heterocycles. The number of carbonyl (C=O) groups is 1. The Morgan fingerprint density at radius 2 is 2.13 bits per heavy atom. The zero-order valence-corrected chi connectivity index (χ0v) is 18.0. The minimum atomic E-state index is -3.89. The standard InChI is InChI=1S/C18H17ClFN5O3S2/c1-25-9-10(8-21-25)16-4-5-17(29-16)14-7-15(24-30(27,28)23-14)18(26)22-11-2-3-13(20)12(19)6-11/h2-6,8-9,14-15,23-24H,7H2,1H3,(H,22,26)/t14-,15+/m1/s1. The van der Waals surface area contributed by atoms with Crippen LogP contribution in [-0.2, 0) is 22.1 Å². The van der Waals surface area contributed by atoms with Crippen LogP contribution in [0.4, 0.5) is 10.1 Å². The lowest BCUT2D eigenvalue weighted by molar-refractivity contribution is -0.118. The molecule has 1 aliphatic rings. The van der Waals surface area contributed by atoms with Gasteiger partial charge >= 0.3 is 0 Å². The van der Waals surface area contributed by atoms with E-state index in [9.17, 15) is 17.6 Å². The van der Waals surface area contributed by atoms with Crippen molar-refractivity contribution < 1.29 is 17.6 Å². The van der Waals surface area contributed by atoms with Crippen molar-refractivity contribution in [3.63, 3.8) is 0 Å². The summed E-state index contributed by atoms with van der Waals surface area (Å²) in [5.74, 6) is -1.17. The Kier molecular flexibility index (Phi) is 5.64. The van der Waals surface area contributed by atoms with Crippen LogP contribution in [0, 0.1) is 5.82 Å². The normalized spacial score (nSPS) is 20.8. The van der Waals surface area contributed by atoms with E-state index in [4.69, 9.17) is 11.6 Å². The summed E-state index contributed by atoms with van der Waals surface area (Å²) in [4.78, 5) is 14.4. The van der Waals surface area contributed by atoms with Gasteiger partial charge in [0.1, 0.15) is 11.9 Å². The van der Waals surface area contributed by atoms with Crippen LogP contribution < -0.4 is 14.8 Å². The Morgan fingerprint density at radius 3 is 2.83 bits per heavy atom. The molecule has 2 atom stereocenters. The summed E-state index contributed by atoms with van der Waals surface area (Å²) in [6, 6.07) is 5.89. The molecule has 8 nitrogen and oxygen atoms in total. The number of nitrogens with one attached hydrogen (secondary N) is 3. The first-order valence-electron chi connectivity index (χ1n) is 8.84. The molecule has 1 fully saturated rings. The summed E-state index contributed by atoms with van der Waals surface area (Å²) in [7, 11) is -2.07. The highest BCUT2D eigenvalue weighted by Crippen LogP contribution is 2.34. The van der Waals surface area contributed by atoms with Gasteiger partial charge in [-0.1, -0.05) is 11.6 Å². The summed E-state index contributed by atoms with van der Waals surface area (Å²) in [5, 5.41) is 6.57. The van der Waals surface area contributed by atoms with Gasteiger partial charge in [-0.25, -0.2) is 4.39 Å². The predicted octanol–water partition coefficient (Wildman–Crippen LogP) is 2.82. The summed E-state index contributed by atoms with van der Waals surface area (Å²) >= 11 is 7.16. The fourth-order valence-corrected chi connectivity index (χ4v) is 5.67. The SMILES string of the molecule is Cn1cc(-c2ccc([C@H]3C[C@@H](C(=O)Nc4ccc(F)c(Cl)c4)NS(=O)(=O)N3)s2)cn1. The smallest absolute Gasteiger partial charge is 0.278 e. The van der Waals surface area contributed by atoms with E-state index in [0.29, 0.717) is 0 Å². The van der Waals surface area contributed by atoms with Gasteiger partial charge in [0.05, 0.1) is 17.3 Å². The van der Waals surface area contributed by atoms with E-state index >= 15 is 0 Å². The molecule has 0 spiro atoms. The lowest BCUT2D eigenvalue weighted by Crippen LogP contribution is -2.55. The monoisotopic (exact) mass is 469 g/mol. The first kappa shape index (κ1) is 20.9. The van der Waals surface area contributed by atoms with E-state index in [2.05, 4.69) is 19.9 Å². The molecule has 158 valence electrons. The van der Waals surface area contributed by atoms with Crippen molar-refractivity contribution in [2.24, 2.45) is 7.05 Å². The zero-order chi connectivity index (χ0) is 21.5. The molecule has 30 heavy (non-hydrogen) atoms. The first-order chi connectivity index (χ1) is 14.2. The number of benzene rings is 1. The molecule has 3 aromatic rings. The molecule has 0 radical (unpaired) electrons. The van der Waals surface area contributed by atoms with Crippen molar-refractivity contribution in [2.45, 2.75) is 18.5 Å². The molecule has 1 saturated heterocycles. The largest absolute Gasteiger partial charge is 0.325 e. The molecule has 0 saturated carbocycles. The Labute approximate surface area is 181 Å². The van der Waals surface area contributed by atoms with E-state index in [-0.39, 0.29) is 17.1 Å². The summed E-state index contributed by atoms with van der Waals surface area (Å²) in [6.07, 6.45) is 3.80. The Hall–Kier alpha value is -2.31. The average molecular weight is 470 g/mol. The van der Waals surface area contributed by atoms with Crippen LogP contribution >= 0.6 is 22.9 Å².